The van der Waals surface area contributed by atoms with Gasteiger partial charge in [-0.2, -0.15) is 0 Å². The van der Waals surface area contributed by atoms with E-state index in [-0.39, 0.29) is 5.75 Å². The van der Waals surface area contributed by atoms with Crippen LogP contribution in [-0.2, 0) is 14.8 Å². The zero-order valence-electron chi connectivity index (χ0n) is 23.8. The minimum atomic E-state index is -3.46. The molecule has 0 aliphatic carbocycles. The molecule has 1 aliphatic heterocycles. The van der Waals surface area contributed by atoms with Crippen molar-refractivity contribution in [2.24, 2.45) is 5.10 Å². The van der Waals surface area contributed by atoms with Crippen molar-refractivity contribution < 1.29 is 13.2 Å². The van der Waals surface area contributed by atoms with E-state index in [4.69, 9.17) is 4.74 Å². The number of unbranched alkanes of at least 4 members (excludes halogenated alkanes) is 13. The summed E-state index contributed by atoms with van der Waals surface area (Å²) in [5.74, 6) is 1.24. The second-order valence-corrected chi connectivity index (χ2v) is 12.6. The number of hydrogen-bond acceptors (Lipinski definition) is 4. The summed E-state index contributed by atoms with van der Waals surface area (Å²) in [7, 11) is -3.46. The van der Waals surface area contributed by atoms with Crippen LogP contribution in [0.2, 0.25) is 0 Å². The Morgan fingerprint density at radius 1 is 0.838 bits per heavy atom. The molecule has 0 radical (unpaired) electrons. The quantitative estimate of drug-likeness (QED) is 0.0880. The third-order valence-corrected chi connectivity index (χ3v) is 8.40. The van der Waals surface area contributed by atoms with Crippen LogP contribution < -0.4 is 4.83 Å². The Labute approximate surface area is 227 Å². The van der Waals surface area contributed by atoms with Crippen molar-refractivity contribution in [1.82, 2.24) is 9.73 Å². The standard InChI is InChI=1S/C30H53N3O3S/c1-4-5-6-7-8-9-10-11-12-13-14-15-16-17-26-37(34,35)32-31-30(33-22-24-36-25-23-33)29-20-18-28(19-21-29)27(2)3/h18-21,27,32H,4-17,22-26H2,1-3H3. The van der Waals surface area contributed by atoms with Gasteiger partial charge in [-0.1, -0.05) is 129 Å². The fraction of sp³-hybridized carbons (Fsp3) is 0.767. The normalized spacial score (nSPS) is 14.9. The number of ether oxygens (including phenoxy) is 1. The lowest BCUT2D eigenvalue weighted by molar-refractivity contribution is 0.0681. The highest BCUT2D eigenvalue weighted by atomic mass is 32.2. The summed E-state index contributed by atoms with van der Waals surface area (Å²) in [4.78, 5) is 4.62. The van der Waals surface area contributed by atoms with Crippen LogP contribution in [0.4, 0.5) is 0 Å². The largest absolute Gasteiger partial charge is 0.378 e. The lowest BCUT2D eigenvalue weighted by Crippen LogP contribution is -2.42. The second kappa shape index (κ2) is 18.6. The van der Waals surface area contributed by atoms with E-state index in [1.165, 1.54) is 76.2 Å². The molecule has 0 bridgehead atoms. The zero-order chi connectivity index (χ0) is 26.8. The van der Waals surface area contributed by atoms with E-state index in [9.17, 15) is 8.42 Å². The minimum Gasteiger partial charge on any atom is -0.378 e. The van der Waals surface area contributed by atoms with Gasteiger partial charge < -0.3 is 9.64 Å². The van der Waals surface area contributed by atoms with Crippen molar-refractivity contribution in [3.8, 4) is 0 Å². The molecule has 1 fully saturated rings. The zero-order valence-corrected chi connectivity index (χ0v) is 24.7. The molecule has 0 amide bonds. The smallest absolute Gasteiger partial charge is 0.247 e. The summed E-state index contributed by atoms with van der Waals surface area (Å²) in [6, 6.07) is 8.26. The monoisotopic (exact) mass is 535 g/mol. The van der Waals surface area contributed by atoms with Crippen LogP contribution >= 0.6 is 0 Å². The first kappa shape index (κ1) is 31.6. The summed E-state index contributed by atoms with van der Waals surface area (Å²) in [6.07, 6.45) is 17.5. The predicted molar refractivity (Wildman–Crippen MR) is 157 cm³/mol. The number of hydrogen-bond donors (Lipinski definition) is 1. The molecule has 0 aromatic heterocycles. The molecule has 1 aliphatic rings. The molecule has 0 atom stereocenters. The van der Waals surface area contributed by atoms with Gasteiger partial charge in [-0.3, -0.25) is 0 Å². The third-order valence-electron chi connectivity index (χ3n) is 7.20. The van der Waals surface area contributed by atoms with Crippen molar-refractivity contribution in [1.29, 1.82) is 0 Å². The first-order chi connectivity index (χ1) is 17.9. The van der Waals surface area contributed by atoms with Gasteiger partial charge in [0, 0.05) is 18.7 Å². The van der Waals surface area contributed by atoms with E-state index in [2.05, 4.69) is 47.7 Å². The number of hydrazone groups is 1. The highest BCUT2D eigenvalue weighted by molar-refractivity contribution is 7.89. The van der Waals surface area contributed by atoms with E-state index in [1.807, 2.05) is 12.1 Å². The van der Waals surface area contributed by atoms with Gasteiger partial charge in [-0.15, -0.1) is 5.10 Å². The molecule has 6 nitrogen and oxygen atoms in total. The fourth-order valence-electron chi connectivity index (χ4n) is 4.76. The Bertz CT molecular complexity index is 847. The number of nitrogens with zero attached hydrogens (tertiary/aromatic N) is 2. The van der Waals surface area contributed by atoms with Gasteiger partial charge in [0.2, 0.25) is 10.0 Å². The van der Waals surface area contributed by atoms with Gasteiger partial charge in [-0.05, 0) is 17.9 Å². The van der Waals surface area contributed by atoms with Gasteiger partial charge >= 0.3 is 0 Å². The van der Waals surface area contributed by atoms with Gasteiger partial charge in [0.15, 0.2) is 5.84 Å². The molecule has 2 rings (SSSR count). The van der Waals surface area contributed by atoms with Crippen molar-refractivity contribution >= 4 is 15.9 Å². The summed E-state index contributed by atoms with van der Waals surface area (Å²) < 4.78 is 30.8. The van der Waals surface area contributed by atoms with Crippen LogP contribution in [0.1, 0.15) is 128 Å². The Kier molecular flexibility index (Phi) is 15.9. The first-order valence-corrected chi connectivity index (χ1v) is 16.6. The maximum absolute atomic E-state index is 12.6. The Morgan fingerprint density at radius 3 is 1.81 bits per heavy atom. The van der Waals surface area contributed by atoms with Crippen molar-refractivity contribution in [2.75, 3.05) is 32.1 Å². The Morgan fingerprint density at radius 2 is 1.32 bits per heavy atom. The van der Waals surface area contributed by atoms with E-state index < -0.39 is 10.0 Å². The van der Waals surface area contributed by atoms with Crippen LogP contribution in [0.25, 0.3) is 0 Å². The molecule has 0 spiro atoms. The summed E-state index contributed by atoms with van der Waals surface area (Å²) >= 11 is 0. The van der Waals surface area contributed by atoms with Crippen LogP contribution in [0.5, 0.6) is 0 Å². The molecule has 1 N–H and O–H groups in total. The molecule has 1 heterocycles. The highest BCUT2D eigenvalue weighted by Gasteiger charge is 2.19. The van der Waals surface area contributed by atoms with Crippen LogP contribution in [-0.4, -0.2) is 51.2 Å². The van der Waals surface area contributed by atoms with E-state index in [1.54, 1.807) is 0 Å². The van der Waals surface area contributed by atoms with Gasteiger partial charge in [0.05, 0.1) is 19.0 Å². The third kappa shape index (κ3) is 13.7. The second-order valence-electron chi connectivity index (χ2n) is 10.8. The molecule has 0 saturated carbocycles. The topological polar surface area (TPSA) is 71.0 Å². The number of sulfonamides is 1. The Hall–Kier alpha value is -1.60. The minimum absolute atomic E-state index is 0.122. The molecule has 1 saturated heterocycles. The first-order valence-electron chi connectivity index (χ1n) is 14.9. The predicted octanol–water partition coefficient (Wildman–Crippen LogP) is 7.20. The Balaban J connectivity index is 1.68. The molecular formula is C30H53N3O3S. The fourth-order valence-corrected chi connectivity index (χ4v) is 5.66. The summed E-state index contributed by atoms with van der Waals surface area (Å²) in [6.45, 7) is 9.23. The summed E-state index contributed by atoms with van der Waals surface area (Å²) in [5.41, 5.74) is 2.17. The van der Waals surface area contributed by atoms with E-state index in [0.29, 0.717) is 44.5 Å². The van der Waals surface area contributed by atoms with Crippen LogP contribution in [0.3, 0.4) is 0 Å². The van der Waals surface area contributed by atoms with Gasteiger partial charge in [-0.25, -0.2) is 13.2 Å². The number of rotatable bonds is 19. The average molecular weight is 536 g/mol. The molecule has 7 heteroatoms. The lowest BCUT2D eigenvalue weighted by atomic mass is 10.0. The number of nitrogens with one attached hydrogen (secondary N) is 1. The maximum Gasteiger partial charge on any atom is 0.247 e. The van der Waals surface area contributed by atoms with Crippen LogP contribution in [0, 0.1) is 0 Å². The lowest BCUT2D eigenvalue weighted by Gasteiger charge is -2.30. The molecular weight excluding hydrogens is 482 g/mol. The molecule has 1 aromatic rings. The van der Waals surface area contributed by atoms with E-state index >= 15 is 0 Å². The van der Waals surface area contributed by atoms with Crippen LogP contribution in [0.15, 0.2) is 29.4 Å². The SMILES string of the molecule is CCCCCCCCCCCCCCCCS(=O)(=O)NN=C(c1ccc(C(C)C)cc1)N1CCOCC1. The molecule has 1 aromatic carbocycles. The molecule has 212 valence electrons. The van der Waals surface area contributed by atoms with Crippen molar-refractivity contribution in [3.05, 3.63) is 35.4 Å². The number of amidine groups is 1. The average Bonchev–Trinajstić information content (AvgIpc) is 2.90. The highest BCUT2D eigenvalue weighted by Crippen LogP contribution is 2.17. The van der Waals surface area contributed by atoms with E-state index in [0.717, 1.165) is 18.4 Å². The van der Waals surface area contributed by atoms with Crippen molar-refractivity contribution in [3.63, 3.8) is 0 Å². The van der Waals surface area contributed by atoms with Gasteiger partial charge in [0.1, 0.15) is 0 Å². The van der Waals surface area contributed by atoms with Gasteiger partial charge in [0.25, 0.3) is 0 Å². The number of morpholine rings is 1. The molecule has 0 unspecified atom stereocenters. The number of benzene rings is 1. The molecule has 37 heavy (non-hydrogen) atoms. The summed E-state index contributed by atoms with van der Waals surface area (Å²) in [5, 5.41) is 4.40. The van der Waals surface area contributed by atoms with Crippen molar-refractivity contribution in [2.45, 2.75) is 117 Å². The maximum atomic E-state index is 12.6.